The highest BCUT2D eigenvalue weighted by molar-refractivity contribution is 5.87. The van der Waals surface area contributed by atoms with Crippen molar-refractivity contribution >= 4 is 5.91 Å². The zero-order valence-electron chi connectivity index (χ0n) is 13.0. The van der Waals surface area contributed by atoms with Crippen LogP contribution in [0.4, 0.5) is 13.2 Å². The van der Waals surface area contributed by atoms with Crippen LogP contribution in [0.1, 0.15) is 18.3 Å². The fraction of sp³-hybridized carbons (Fsp3) is 0.267. The molecule has 0 unspecified atom stereocenters. The third kappa shape index (κ3) is 4.58. The summed E-state index contributed by atoms with van der Waals surface area (Å²) in [6.45, 7) is 1.88. The second kappa shape index (κ2) is 7.16. The summed E-state index contributed by atoms with van der Waals surface area (Å²) in [7, 11) is 1.34. The number of carbonyl (C=O) groups is 1. The number of aromatic nitrogens is 3. The molecule has 24 heavy (non-hydrogen) atoms. The number of hydrogen-bond donors (Lipinski definition) is 1. The molecule has 0 aliphatic carbocycles. The van der Waals surface area contributed by atoms with Crippen molar-refractivity contribution in [3.05, 3.63) is 47.8 Å². The second-order valence-electron chi connectivity index (χ2n) is 4.78. The second-order valence-corrected chi connectivity index (χ2v) is 4.78. The SMILES string of the molecule is CC=CC(=O)NCc1cccc(Oc2cc(C(F)(F)F)nn2C)n1. The van der Waals surface area contributed by atoms with E-state index in [1.807, 2.05) is 0 Å². The van der Waals surface area contributed by atoms with Gasteiger partial charge in [0.25, 0.3) is 0 Å². The highest BCUT2D eigenvalue weighted by Crippen LogP contribution is 2.31. The van der Waals surface area contributed by atoms with Gasteiger partial charge in [0.1, 0.15) is 0 Å². The van der Waals surface area contributed by atoms with Gasteiger partial charge in [0, 0.05) is 19.2 Å². The number of hydrogen-bond acceptors (Lipinski definition) is 4. The molecule has 1 amide bonds. The minimum atomic E-state index is -4.55. The third-order valence-electron chi connectivity index (χ3n) is 2.88. The van der Waals surface area contributed by atoms with E-state index in [1.165, 1.54) is 19.2 Å². The lowest BCUT2D eigenvalue weighted by molar-refractivity contribution is -0.141. The normalized spacial score (nSPS) is 11.7. The van der Waals surface area contributed by atoms with Crippen molar-refractivity contribution in [2.24, 2.45) is 7.05 Å². The van der Waals surface area contributed by atoms with E-state index in [9.17, 15) is 18.0 Å². The summed E-state index contributed by atoms with van der Waals surface area (Å²) >= 11 is 0. The Kier molecular flexibility index (Phi) is 5.22. The number of carbonyl (C=O) groups excluding carboxylic acids is 1. The molecule has 0 aliphatic rings. The molecule has 0 spiro atoms. The predicted molar refractivity (Wildman–Crippen MR) is 79.2 cm³/mol. The minimum Gasteiger partial charge on any atom is -0.421 e. The molecular formula is C15H15F3N4O2. The van der Waals surface area contributed by atoms with Crippen molar-refractivity contribution in [2.75, 3.05) is 0 Å². The molecule has 2 rings (SSSR count). The molecule has 6 nitrogen and oxygen atoms in total. The van der Waals surface area contributed by atoms with Gasteiger partial charge >= 0.3 is 6.18 Å². The van der Waals surface area contributed by atoms with Gasteiger partial charge in [-0.1, -0.05) is 12.1 Å². The number of nitrogens with zero attached hydrogens (tertiary/aromatic N) is 3. The van der Waals surface area contributed by atoms with Gasteiger partial charge in [0.2, 0.25) is 17.7 Å². The van der Waals surface area contributed by atoms with Crippen LogP contribution in [0, 0.1) is 0 Å². The van der Waals surface area contributed by atoms with Crippen LogP contribution in [-0.4, -0.2) is 20.7 Å². The lowest BCUT2D eigenvalue weighted by atomic mass is 10.3. The summed E-state index contributed by atoms with van der Waals surface area (Å²) < 4.78 is 44.2. The smallest absolute Gasteiger partial charge is 0.421 e. The average Bonchev–Trinajstić information content (AvgIpc) is 2.87. The summed E-state index contributed by atoms with van der Waals surface area (Å²) in [4.78, 5) is 15.5. The molecule has 0 aliphatic heterocycles. The molecule has 0 saturated carbocycles. The summed E-state index contributed by atoms with van der Waals surface area (Å²) in [6.07, 6.45) is -1.58. The number of aryl methyl sites for hydroxylation is 1. The molecule has 2 aromatic heterocycles. The van der Waals surface area contributed by atoms with Crippen LogP contribution < -0.4 is 10.1 Å². The molecule has 1 N–H and O–H groups in total. The van der Waals surface area contributed by atoms with Gasteiger partial charge in [0.05, 0.1) is 12.2 Å². The molecule has 9 heteroatoms. The molecule has 0 saturated heterocycles. The molecule has 0 aromatic carbocycles. The van der Waals surface area contributed by atoms with E-state index >= 15 is 0 Å². The van der Waals surface area contributed by atoms with Gasteiger partial charge < -0.3 is 10.1 Å². The van der Waals surface area contributed by atoms with Crippen LogP contribution >= 0.6 is 0 Å². The van der Waals surface area contributed by atoms with E-state index in [1.54, 1.807) is 25.1 Å². The van der Waals surface area contributed by atoms with Crippen molar-refractivity contribution in [3.63, 3.8) is 0 Å². The van der Waals surface area contributed by atoms with E-state index in [2.05, 4.69) is 15.4 Å². The number of alkyl halides is 3. The van der Waals surface area contributed by atoms with E-state index in [0.717, 1.165) is 10.7 Å². The van der Waals surface area contributed by atoms with Gasteiger partial charge in [-0.3, -0.25) is 4.79 Å². The maximum atomic E-state index is 12.6. The Labute approximate surface area is 136 Å². The van der Waals surface area contributed by atoms with Gasteiger partial charge in [-0.05, 0) is 19.1 Å². The Hall–Kier alpha value is -2.84. The first kappa shape index (κ1) is 17.5. The van der Waals surface area contributed by atoms with Crippen LogP contribution in [0.5, 0.6) is 11.8 Å². The molecular weight excluding hydrogens is 325 g/mol. The Morgan fingerprint density at radius 2 is 2.17 bits per heavy atom. The molecule has 0 bridgehead atoms. The molecule has 2 heterocycles. The summed E-state index contributed by atoms with van der Waals surface area (Å²) in [6, 6.07) is 5.58. The van der Waals surface area contributed by atoms with Gasteiger partial charge in [-0.25, -0.2) is 9.67 Å². The molecule has 0 atom stereocenters. The first-order valence-corrected chi connectivity index (χ1v) is 6.95. The van der Waals surface area contributed by atoms with E-state index < -0.39 is 11.9 Å². The number of ether oxygens (including phenoxy) is 1. The zero-order chi connectivity index (χ0) is 17.7. The molecule has 0 radical (unpaired) electrons. The van der Waals surface area contributed by atoms with Gasteiger partial charge in [0.15, 0.2) is 5.69 Å². The van der Waals surface area contributed by atoms with Crippen LogP contribution in [0.3, 0.4) is 0 Å². The van der Waals surface area contributed by atoms with E-state index in [-0.39, 0.29) is 24.2 Å². The van der Waals surface area contributed by atoms with Crippen molar-refractivity contribution in [1.29, 1.82) is 0 Å². The van der Waals surface area contributed by atoms with Gasteiger partial charge in [-0.2, -0.15) is 18.3 Å². The average molecular weight is 340 g/mol. The molecule has 128 valence electrons. The van der Waals surface area contributed by atoms with Gasteiger partial charge in [-0.15, -0.1) is 0 Å². The highest BCUT2D eigenvalue weighted by atomic mass is 19.4. The van der Waals surface area contributed by atoms with Crippen molar-refractivity contribution in [2.45, 2.75) is 19.6 Å². The maximum absolute atomic E-state index is 12.6. The van der Waals surface area contributed by atoms with Crippen LogP contribution in [0.2, 0.25) is 0 Å². The third-order valence-corrected chi connectivity index (χ3v) is 2.88. The number of pyridine rings is 1. The quantitative estimate of drug-likeness (QED) is 0.850. The lowest BCUT2D eigenvalue weighted by Gasteiger charge is -2.06. The van der Waals surface area contributed by atoms with E-state index in [4.69, 9.17) is 4.74 Å². The van der Waals surface area contributed by atoms with Crippen LogP contribution in [-0.2, 0) is 24.6 Å². The predicted octanol–water partition coefficient (Wildman–Crippen LogP) is 2.82. The van der Waals surface area contributed by atoms with E-state index in [0.29, 0.717) is 5.69 Å². The first-order valence-electron chi connectivity index (χ1n) is 6.95. The lowest BCUT2D eigenvalue weighted by Crippen LogP contribution is -2.20. The zero-order valence-corrected chi connectivity index (χ0v) is 13.0. The minimum absolute atomic E-state index is 0.0927. The maximum Gasteiger partial charge on any atom is 0.435 e. The number of nitrogens with one attached hydrogen (secondary N) is 1. The van der Waals surface area contributed by atoms with Crippen LogP contribution in [0.25, 0.3) is 0 Å². The Morgan fingerprint density at radius 3 is 2.79 bits per heavy atom. The summed E-state index contributed by atoms with van der Waals surface area (Å²) in [5, 5.41) is 5.97. The highest BCUT2D eigenvalue weighted by Gasteiger charge is 2.35. The standard InChI is InChI=1S/C15H15F3N4O2/c1-3-5-12(23)19-9-10-6-4-7-13(20-10)24-14-8-11(15(16,17)18)21-22(14)2/h3-8H,9H2,1-2H3,(H,19,23). The van der Waals surface area contributed by atoms with Crippen molar-refractivity contribution in [1.82, 2.24) is 20.1 Å². The number of halogens is 3. The van der Waals surface area contributed by atoms with Crippen LogP contribution in [0.15, 0.2) is 36.4 Å². The van der Waals surface area contributed by atoms with Crippen molar-refractivity contribution in [3.8, 4) is 11.8 Å². The first-order chi connectivity index (χ1) is 11.3. The summed E-state index contributed by atoms with van der Waals surface area (Å²) in [5.74, 6) is -0.262. The fourth-order valence-electron chi connectivity index (χ4n) is 1.79. The fourth-order valence-corrected chi connectivity index (χ4v) is 1.79. The van der Waals surface area contributed by atoms with Crippen molar-refractivity contribution < 1.29 is 22.7 Å². The number of amides is 1. The number of allylic oxidation sites excluding steroid dienone is 1. The Balaban J connectivity index is 2.10. The molecule has 2 aromatic rings. The number of rotatable bonds is 5. The molecule has 0 fully saturated rings. The topological polar surface area (TPSA) is 69.0 Å². The largest absolute Gasteiger partial charge is 0.435 e. The monoisotopic (exact) mass is 340 g/mol. The Morgan fingerprint density at radius 1 is 1.42 bits per heavy atom. The summed E-state index contributed by atoms with van der Waals surface area (Å²) in [5.41, 5.74) is -0.543. The Bertz CT molecular complexity index is 753.